The Morgan fingerprint density at radius 3 is 2.12 bits per heavy atom. The van der Waals surface area contributed by atoms with Gasteiger partial charge in [0.2, 0.25) is 11.8 Å². The van der Waals surface area contributed by atoms with Gasteiger partial charge in [0, 0.05) is 24.0 Å². The minimum absolute atomic E-state index is 0.0751. The number of nitrogens with one attached hydrogen (secondary N) is 1. The van der Waals surface area contributed by atoms with Crippen LogP contribution in [-0.4, -0.2) is 44.3 Å². The Bertz CT molecular complexity index is 1630. The third kappa shape index (κ3) is 8.33. The summed E-state index contributed by atoms with van der Waals surface area (Å²) in [7, 11) is -4.13. The third-order valence-electron chi connectivity index (χ3n) is 7.06. The number of aryl methyl sites for hydroxylation is 1. The maximum absolute atomic E-state index is 14.4. The van der Waals surface area contributed by atoms with Crippen LogP contribution in [0.15, 0.2) is 119 Å². The van der Waals surface area contributed by atoms with Crippen LogP contribution >= 0.6 is 15.9 Å². The molecule has 0 spiro atoms. The van der Waals surface area contributed by atoms with Crippen LogP contribution < -0.4 is 9.62 Å². The number of carbonyl (C=O) groups excluding carboxylic acids is 2. The quantitative estimate of drug-likeness (QED) is 0.187. The van der Waals surface area contributed by atoms with E-state index in [9.17, 15) is 18.0 Å². The van der Waals surface area contributed by atoms with E-state index in [1.54, 1.807) is 30.3 Å². The molecule has 2 amide bonds. The van der Waals surface area contributed by atoms with Gasteiger partial charge in [-0.05, 0) is 60.4 Å². The number of anilines is 1. The van der Waals surface area contributed by atoms with Crippen LogP contribution in [0.25, 0.3) is 0 Å². The van der Waals surface area contributed by atoms with Crippen LogP contribution in [0.4, 0.5) is 5.69 Å². The zero-order chi connectivity index (χ0) is 30.8. The van der Waals surface area contributed by atoms with Gasteiger partial charge in [-0.2, -0.15) is 0 Å². The van der Waals surface area contributed by atoms with E-state index in [0.29, 0.717) is 17.8 Å². The minimum Gasteiger partial charge on any atom is -0.354 e. The summed E-state index contributed by atoms with van der Waals surface area (Å²) in [6.07, 6.45) is 1.01. The van der Waals surface area contributed by atoms with Crippen LogP contribution in [0.2, 0.25) is 0 Å². The summed E-state index contributed by atoms with van der Waals surface area (Å²) in [5.41, 5.74) is 2.79. The van der Waals surface area contributed by atoms with Crippen LogP contribution in [0.1, 0.15) is 30.0 Å². The minimum atomic E-state index is -4.13. The molecule has 0 fully saturated rings. The molecule has 0 aliphatic carbocycles. The highest BCUT2D eigenvalue weighted by Gasteiger charge is 2.34. The fraction of sp³-hybridized carbons (Fsp3) is 0.235. The Morgan fingerprint density at radius 1 is 0.837 bits per heavy atom. The lowest BCUT2D eigenvalue weighted by molar-refractivity contribution is -0.140. The Labute approximate surface area is 262 Å². The standard InChI is InChI=1S/C34H36BrN3O4S/c1-3-21-36-34(40)32(23-27-14-6-4-7-15-27)37(24-28-16-12-17-29(35)22-28)33(39)25-38(31-20-11-10-13-26(31)2)43(41,42)30-18-8-5-9-19-30/h4-20,22,32H,3,21,23-25H2,1-2H3,(H,36,40)/t32-/m0/s1. The van der Waals surface area contributed by atoms with E-state index in [1.807, 2.05) is 80.6 Å². The highest BCUT2D eigenvalue weighted by Crippen LogP contribution is 2.28. The molecule has 0 radical (unpaired) electrons. The lowest BCUT2D eigenvalue weighted by atomic mass is 10.0. The van der Waals surface area contributed by atoms with Crippen molar-refractivity contribution in [2.45, 2.75) is 44.2 Å². The van der Waals surface area contributed by atoms with Crippen LogP contribution in [0, 0.1) is 6.92 Å². The third-order valence-corrected chi connectivity index (χ3v) is 9.32. The summed E-state index contributed by atoms with van der Waals surface area (Å²) in [4.78, 5) is 29.7. The first kappa shape index (κ1) is 32.0. The molecule has 1 atom stereocenters. The van der Waals surface area contributed by atoms with Crippen molar-refractivity contribution in [1.29, 1.82) is 0 Å². The van der Waals surface area contributed by atoms with Gasteiger partial charge < -0.3 is 10.2 Å². The Balaban J connectivity index is 1.80. The Hall–Kier alpha value is -3.95. The average Bonchev–Trinajstić information content (AvgIpc) is 3.01. The first-order chi connectivity index (χ1) is 20.7. The zero-order valence-corrected chi connectivity index (χ0v) is 26.7. The highest BCUT2D eigenvalue weighted by molar-refractivity contribution is 9.10. The largest absolute Gasteiger partial charge is 0.354 e. The van der Waals surface area contributed by atoms with Gasteiger partial charge in [0.1, 0.15) is 12.6 Å². The van der Waals surface area contributed by atoms with E-state index in [0.717, 1.165) is 26.3 Å². The fourth-order valence-electron chi connectivity index (χ4n) is 4.83. The Kier molecular flexibility index (Phi) is 11.1. The van der Waals surface area contributed by atoms with E-state index in [-0.39, 0.29) is 23.8 Å². The number of benzene rings is 4. The SMILES string of the molecule is CCCNC(=O)[C@H](Cc1ccccc1)N(Cc1cccc(Br)c1)C(=O)CN(c1ccccc1C)S(=O)(=O)c1ccccc1. The van der Waals surface area contributed by atoms with Crippen molar-refractivity contribution in [3.8, 4) is 0 Å². The molecule has 4 aromatic carbocycles. The molecular weight excluding hydrogens is 626 g/mol. The number of sulfonamides is 1. The van der Waals surface area contributed by atoms with Gasteiger partial charge in [0.25, 0.3) is 10.0 Å². The van der Waals surface area contributed by atoms with Gasteiger partial charge in [-0.1, -0.05) is 102 Å². The first-order valence-electron chi connectivity index (χ1n) is 14.2. The smallest absolute Gasteiger partial charge is 0.264 e. The van der Waals surface area contributed by atoms with E-state index in [4.69, 9.17) is 0 Å². The van der Waals surface area contributed by atoms with Crippen LogP contribution in [0.3, 0.4) is 0 Å². The summed E-state index contributed by atoms with van der Waals surface area (Å²) >= 11 is 3.50. The number of carbonyl (C=O) groups is 2. The second-order valence-electron chi connectivity index (χ2n) is 10.3. The zero-order valence-electron chi connectivity index (χ0n) is 24.3. The maximum atomic E-state index is 14.4. The van der Waals surface area contributed by atoms with Gasteiger partial charge in [-0.25, -0.2) is 8.42 Å². The van der Waals surface area contributed by atoms with Gasteiger partial charge in [-0.3, -0.25) is 13.9 Å². The highest BCUT2D eigenvalue weighted by atomic mass is 79.9. The van der Waals surface area contributed by atoms with Gasteiger partial charge >= 0.3 is 0 Å². The number of hydrogen-bond acceptors (Lipinski definition) is 4. The van der Waals surface area contributed by atoms with Crippen LogP contribution in [0.5, 0.6) is 0 Å². The predicted molar refractivity (Wildman–Crippen MR) is 174 cm³/mol. The summed E-state index contributed by atoms with van der Waals surface area (Å²) in [5.74, 6) is -0.780. The van der Waals surface area contributed by atoms with Crippen LogP contribution in [-0.2, 0) is 32.6 Å². The normalized spacial score (nSPS) is 11.9. The van der Waals surface area contributed by atoms with Crippen molar-refractivity contribution in [1.82, 2.24) is 10.2 Å². The van der Waals surface area contributed by atoms with E-state index in [1.165, 1.54) is 17.0 Å². The van der Waals surface area contributed by atoms with Crippen molar-refractivity contribution in [3.63, 3.8) is 0 Å². The number of hydrogen-bond donors (Lipinski definition) is 1. The van der Waals surface area contributed by atoms with E-state index < -0.39 is 28.5 Å². The average molecular weight is 663 g/mol. The number of nitrogens with zero attached hydrogens (tertiary/aromatic N) is 2. The summed E-state index contributed by atoms with van der Waals surface area (Å²) in [6.45, 7) is 3.86. The van der Waals surface area contributed by atoms with Gasteiger partial charge in [-0.15, -0.1) is 0 Å². The Morgan fingerprint density at radius 2 is 1.47 bits per heavy atom. The molecule has 0 unspecified atom stereocenters. The molecule has 0 saturated heterocycles. The lowest BCUT2D eigenvalue weighted by Crippen LogP contribution is -2.53. The number of halogens is 1. The maximum Gasteiger partial charge on any atom is 0.264 e. The summed E-state index contributed by atoms with van der Waals surface area (Å²) in [5, 5.41) is 2.96. The molecule has 4 aromatic rings. The fourth-order valence-corrected chi connectivity index (χ4v) is 6.77. The van der Waals surface area contributed by atoms with Gasteiger partial charge in [0.05, 0.1) is 10.6 Å². The molecule has 9 heteroatoms. The monoisotopic (exact) mass is 661 g/mol. The molecule has 0 saturated carbocycles. The number of amides is 2. The van der Waals surface area contributed by atoms with E-state index >= 15 is 0 Å². The lowest BCUT2D eigenvalue weighted by Gasteiger charge is -2.34. The molecule has 7 nitrogen and oxygen atoms in total. The molecule has 0 aliphatic rings. The molecule has 43 heavy (non-hydrogen) atoms. The topological polar surface area (TPSA) is 86.8 Å². The number of para-hydroxylation sites is 1. The predicted octanol–water partition coefficient (Wildman–Crippen LogP) is 6.12. The molecular formula is C34H36BrN3O4S. The number of rotatable bonds is 13. The van der Waals surface area contributed by atoms with Crippen molar-refractivity contribution >= 4 is 43.5 Å². The second kappa shape index (κ2) is 15.0. The summed E-state index contributed by atoms with van der Waals surface area (Å²) in [6, 6.07) is 31.3. The van der Waals surface area contributed by atoms with E-state index in [2.05, 4.69) is 21.2 Å². The molecule has 0 aliphatic heterocycles. The van der Waals surface area contributed by atoms with Gasteiger partial charge in [0.15, 0.2) is 0 Å². The molecule has 0 bridgehead atoms. The molecule has 4 rings (SSSR count). The first-order valence-corrected chi connectivity index (χ1v) is 16.4. The van der Waals surface area contributed by atoms with Crippen molar-refractivity contribution in [3.05, 3.63) is 130 Å². The van der Waals surface area contributed by atoms with Crippen molar-refractivity contribution in [2.24, 2.45) is 0 Å². The van der Waals surface area contributed by atoms with Crippen molar-refractivity contribution in [2.75, 3.05) is 17.4 Å². The van der Waals surface area contributed by atoms with Crippen molar-refractivity contribution < 1.29 is 18.0 Å². The summed E-state index contributed by atoms with van der Waals surface area (Å²) < 4.78 is 30.1. The molecule has 0 aromatic heterocycles. The molecule has 224 valence electrons. The second-order valence-corrected chi connectivity index (χ2v) is 13.0. The molecule has 1 N–H and O–H groups in total. The molecule has 0 heterocycles.